The molecule has 0 aliphatic rings. The third-order valence-corrected chi connectivity index (χ3v) is 10.8. The topological polar surface area (TPSA) is 151 Å². The van der Waals surface area contributed by atoms with E-state index in [1.54, 1.807) is 146 Å². The van der Waals surface area contributed by atoms with Crippen LogP contribution >= 0.6 is 0 Å². The first-order valence-electron chi connectivity index (χ1n) is 22.4. The molecule has 0 aromatic heterocycles. The van der Waals surface area contributed by atoms with Gasteiger partial charge >= 0.3 is 11.9 Å². The molecule has 0 spiro atoms. The highest BCUT2D eigenvalue weighted by Gasteiger charge is 2.23. The molecule has 10 heteroatoms. The molecule has 4 N–H and O–H groups in total. The quantitative estimate of drug-likeness (QED) is 0.0430. The summed E-state index contributed by atoms with van der Waals surface area (Å²) in [5.74, 6) is 11.0. The molecule has 2 atom stereocenters. The second-order valence-corrected chi connectivity index (χ2v) is 15.8. The number of carboxylic acid groups (broad SMARTS) is 2. The van der Waals surface area contributed by atoms with Gasteiger partial charge in [-0.3, -0.25) is 9.59 Å². The summed E-state index contributed by atoms with van der Waals surface area (Å²) in [5, 5.41) is 26.1. The van der Waals surface area contributed by atoms with Gasteiger partial charge in [0.15, 0.2) is 11.6 Å². The molecule has 0 fully saturated rings. The molecular formula is C60H48N2O8. The summed E-state index contributed by atoms with van der Waals surface area (Å²) < 4.78 is 11.6. The Bertz CT molecular complexity index is 2880. The van der Waals surface area contributed by atoms with Crippen LogP contribution in [-0.2, 0) is 22.4 Å². The fourth-order valence-electron chi connectivity index (χ4n) is 7.18. The number of allylic oxidation sites excluding steroid dienone is 2. The van der Waals surface area contributed by atoms with Crippen LogP contribution in [0.3, 0.4) is 0 Å². The molecule has 0 unspecified atom stereocenters. The molecule has 0 saturated heterocycles. The number of hydrogen-bond donors (Lipinski definition) is 4. The lowest BCUT2D eigenvalue weighted by Crippen LogP contribution is -2.32. The Kier molecular flexibility index (Phi) is 17.3. The smallest absolute Gasteiger partial charge is 0.326 e. The largest absolute Gasteiger partial charge is 0.490 e. The van der Waals surface area contributed by atoms with Crippen molar-refractivity contribution in [2.24, 2.45) is 0 Å². The predicted octanol–water partition coefficient (Wildman–Crippen LogP) is 10.3. The van der Waals surface area contributed by atoms with Gasteiger partial charge in [0, 0.05) is 57.6 Å². The summed E-state index contributed by atoms with van der Waals surface area (Å²) >= 11 is 0. The Morgan fingerprint density at radius 1 is 0.457 bits per heavy atom. The number of aliphatic carboxylic acids is 2. The molecule has 7 aromatic carbocycles. The SMILES string of the molecule is O=C(c1ccccc1)c1ccccc1N[C@@H](Cc1ccc(OC/C=C/C#Cc2ccc(C#C/C=C/COc3ccc(C[C@H](Nc4ccccc4C(=O)c4ccccc4)C(=O)O)cc3)cc2)cc1)C(=O)O. The molecule has 10 nitrogen and oxygen atoms in total. The Labute approximate surface area is 407 Å². The van der Waals surface area contributed by atoms with E-state index in [0.29, 0.717) is 58.3 Å². The number of ether oxygens (including phenoxy) is 2. The first-order valence-corrected chi connectivity index (χ1v) is 22.4. The van der Waals surface area contributed by atoms with E-state index in [1.165, 1.54) is 0 Å². The summed E-state index contributed by atoms with van der Waals surface area (Å²) in [7, 11) is 0. The van der Waals surface area contributed by atoms with E-state index >= 15 is 0 Å². The lowest BCUT2D eigenvalue weighted by molar-refractivity contribution is -0.138. The van der Waals surface area contributed by atoms with Crippen molar-refractivity contribution in [3.8, 4) is 35.2 Å². The van der Waals surface area contributed by atoms with Crippen molar-refractivity contribution < 1.29 is 38.9 Å². The minimum absolute atomic E-state index is 0.190. The number of carboxylic acids is 2. The van der Waals surface area contributed by atoms with Crippen LogP contribution in [0.25, 0.3) is 0 Å². The van der Waals surface area contributed by atoms with E-state index < -0.39 is 24.0 Å². The van der Waals surface area contributed by atoms with E-state index in [2.05, 4.69) is 34.3 Å². The number of rotatable bonds is 20. The molecule has 0 heterocycles. The van der Waals surface area contributed by atoms with Crippen molar-refractivity contribution in [1.29, 1.82) is 0 Å². The van der Waals surface area contributed by atoms with Crippen molar-refractivity contribution >= 4 is 34.9 Å². The molecule has 7 rings (SSSR count). The zero-order valence-electron chi connectivity index (χ0n) is 38.0. The van der Waals surface area contributed by atoms with Crippen LogP contribution in [0.15, 0.2) is 206 Å². The van der Waals surface area contributed by atoms with E-state index in [9.17, 15) is 29.4 Å². The third-order valence-electron chi connectivity index (χ3n) is 10.8. The normalized spacial score (nSPS) is 11.5. The van der Waals surface area contributed by atoms with Crippen LogP contribution in [0, 0.1) is 23.7 Å². The Morgan fingerprint density at radius 3 is 1.19 bits per heavy atom. The lowest BCUT2D eigenvalue weighted by atomic mass is 10.00. The van der Waals surface area contributed by atoms with Gasteiger partial charge in [-0.15, -0.1) is 0 Å². The number of ketones is 2. The van der Waals surface area contributed by atoms with E-state index in [-0.39, 0.29) is 24.4 Å². The maximum absolute atomic E-state index is 13.2. The van der Waals surface area contributed by atoms with Gasteiger partial charge in [-0.05, 0) is 108 Å². The van der Waals surface area contributed by atoms with Crippen molar-refractivity contribution in [3.63, 3.8) is 0 Å². The summed E-state index contributed by atoms with van der Waals surface area (Å²) in [6.45, 7) is 0.591. The summed E-state index contributed by atoms with van der Waals surface area (Å²) in [5.41, 5.74) is 6.01. The van der Waals surface area contributed by atoms with Crippen LogP contribution in [0.4, 0.5) is 11.4 Å². The van der Waals surface area contributed by atoms with Gasteiger partial charge in [0.25, 0.3) is 0 Å². The van der Waals surface area contributed by atoms with Gasteiger partial charge < -0.3 is 30.3 Å². The number of nitrogens with one attached hydrogen (secondary N) is 2. The predicted molar refractivity (Wildman–Crippen MR) is 272 cm³/mol. The van der Waals surface area contributed by atoms with E-state index in [4.69, 9.17) is 9.47 Å². The van der Waals surface area contributed by atoms with Gasteiger partial charge in [-0.1, -0.05) is 133 Å². The molecule has 0 amide bonds. The van der Waals surface area contributed by atoms with Crippen LogP contribution in [0.2, 0.25) is 0 Å². The highest BCUT2D eigenvalue weighted by Crippen LogP contribution is 2.24. The molecule has 0 aliphatic carbocycles. The average molecular weight is 925 g/mol. The molecule has 346 valence electrons. The fourth-order valence-corrected chi connectivity index (χ4v) is 7.18. The first kappa shape index (κ1) is 48.6. The number of para-hydroxylation sites is 2. The average Bonchev–Trinajstić information content (AvgIpc) is 3.39. The molecule has 7 aromatic rings. The van der Waals surface area contributed by atoms with Crippen LogP contribution in [-0.4, -0.2) is 59.0 Å². The number of anilines is 2. The van der Waals surface area contributed by atoms with Gasteiger partial charge in [-0.2, -0.15) is 0 Å². The minimum Gasteiger partial charge on any atom is -0.490 e. The highest BCUT2D eigenvalue weighted by molar-refractivity contribution is 6.13. The Morgan fingerprint density at radius 2 is 0.814 bits per heavy atom. The van der Waals surface area contributed by atoms with Crippen molar-refractivity contribution in [3.05, 3.63) is 251 Å². The second-order valence-electron chi connectivity index (χ2n) is 15.8. The zero-order valence-corrected chi connectivity index (χ0v) is 38.0. The fraction of sp³-hybridized carbons (Fsp3) is 0.100. The number of benzene rings is 7. The maximum Gasteiger partial charge on any atom is 0.326 e. The standard InChI is InChI=1S/C60H48N2O8/c63-57(47-19-7-1-8-20-47)51-23-11-13-25-53(51)61-55(59(65)66)41-45-31-35-49(36-32-45)69-39-15-3-5-17-43-27-29-44(30-28-43)18-6-4-16-40-70-50-37-33-46(34-38-50)42-56(60(67)68)62-54-26-14-12-24-52(54)58(64)48-21-9-2-10-22-48/h1-4,7-16,19-38,55-56,61-62H,39-42H2,(H,65,66)(H,67,68)/b15-3+,16-4+/t55-,56-/m0/s1. The highest BCUT2D eigenvalue weighted by atomic mass is 16.5. The first-order chi connectivity index (χ1) is 34.2. The molecule has 0 bridgehead atoms. The van der Waals surface area contributed by atoms with Gasteiger partial charge in [-0.25, -0.2) is 9.59 Å². The van der Waals surface area contributed by atoms with E-state index in [0.717, 1.165) is 22.3 Å². The molecule has 70 heavy (non-hydrogen) atoms. The van der Waals surface area contributed by atoms with Gasteiger partial charge in [0.2, 0.25) is 0 Å². The minimum atomic E-state index is -1.03. The molecule has 0 saturated carbocycles. The summed E-state index contributed by atoms with van der Waals surface area (Å²) in [6, 6.07) is 51.7. The number of carbonyl (C=O) groups is 4. The molecule has 0 radical (unpaired) electrons. The number of carbonyl (C=O) groups excluding carboxylic acids is 2. The van der Waals surface area contributed by atoms with Crippen molar-refractivity contribution in [2.75, 3.05) is 23.8 Å². The number of hydrogen-bond acceptors (Lipinski definition) is 8. The van der Waals surface area contributed by atoms with Gasteiger partial charge in [0.05, 0.1) is 0 Å². The zero-order chi connectivity index (χ0) is 48.9. The third kappa shape index (κ3) is 14.3. The van der Waals surface area contributed by atoms with Crippen LogP contribution < -0.4 is 20.1 Å². The molecular weight excluding hydrogens is 877 g/mol. The van der Waals surface area contributed by atoms with Crippen LogP contribution in [0.5, 0.6) is 11.5 Å². The monoisotopic (exact) mass is 924 g/mol. The Balaban J connectivity index is 0.810. The summed E-state index contributed by atoms with van der Waals surface area (Å²) in [4.78, 5) is 50.8. The van der Waals surface area contributed by atoms with E-state index in [1.807, 2.05) is 60.7 Å². The molecule has 0 aliphatic heterocycles. The summed E-state index contributed by atoms with van der Waals surface area (Å²) in [6.07, 6.45) is 7.44. The van der Waals surface area contributed by atoms with Crippen molar-refractivity contribution in [2.45, 2.75) is 24.9 Å². The van der Waals surface area contributed by atoms with Crippen LogP contribution in [0.1, 0.15) is 54.1 Å². The maximum atomic E-state index is 13.2. The lowest BCUT2D eigenvalue weighted by Gasteiger charge is -2.18. The second kappa shape index (κ2) is 24.9. The van der Waals surface area contributed by atoms with Crippen molar-refractivity contribution in [1.82, 2.24) is 0 Å². The Hall–Kier alpha value is -9.38. The van der Waals surface area contributed by atoms with Gasteiger partial charge in [0.1, 0.15) is 36.8 Å².